The zero-order chi connectivity index (χ0) is 20.9. The van der Waals surface area contributed by atoms with Gasteiger partial charge >= 0.3 is 0 Å². The molecule has 1 aliphatic carbocycles. The van der Waals surface area contributed by atoms with Crippen LogP contribution in [0.25, 0.3) is 22.4 Å². The Morgan fingerprint density at radius 3 is 2.72 bits per heavy atom. The highest BCUT2D eigenvalue weighted by Crippen LogP contribution is 2.44. The Bertz CT molecular complexity index is 1190. The van der Waals surface area contributed by atoms with Crippen LogP contribution in [0.1, 0.15) is 57.7 Å². The summed E-state index contributed by atoms with van der Waals surface area (Å²) < 4.78 is 7.52. The maximum Gasteiger partial charge on any atom is 0.274 e. The van der Waals surface area contributed by atoms with Gasteiger partial charge in [0.15, 0.2) is 0 Å². The van der Waals surface area contributed by atoms with Crippen LogP contribution < -0.4 is 5.56 Å². The van der Waals surface area contributed by atoms with Crippen LogP contribution in [0.3, 0.4) is 0 Å². The number of hydrogen-bond acceptors (Lipinski definition) is 4. The predicted molar refractivity (Wildman–Crippen MR) is 113 cm³/mol. The second-order valence-corrected chi connectivity index (χ2v) is 9.18. The number of rotatable bonds is 4. The highest BCUT2D eigenvalue weighted by atomic mass is 16.4. The molecular weight excluding hydrogens is 364 g/mol. The minimum Gasteiger partial charge on any atom is -0.421 e. The Morgan fingerprint density at radius 2 is 2.07 bits per heavy atom. The summed E-state index contributed by atoms with van der Waals surface area (Å²) in [5, 5.41) is 9.23. The zero-order valence-corrected chi connectivity index (χ0v) is 18.0. The summed E-state index contributed by atoms with van der Waals surface area (Å²) in [6.45, 7) is 10.5. The summed E-state index contributed by atoms with van der Waals surface area (Å²) in [6, 6.07) is 0. The van der Waals surface area contributed by atoms with Crippen LogP contribution >= 0.6 is 0 Å². The van der Waals surface area contributed by atoms with E-state index >= 15 is 0 Å². The van der Waals surface area contributed by atoms with Gasteiger partial charge in [0, 0.05) is 36.2 Å². The summed E-state index contributed by atoms with van der Waals surface area (Å²) in [4.78, 5) is 16.0. The number of hydrogen-bond donors (Lipinski definition) is 1. The van der Waals surface area contributed by atoms with Gasteiger partial charge in [-0.25, -0.2) is 0 Å². The molecule has 0 atom stereocenters. The van der Waals surface area contributed by atoms with Crippen LogP contribution in [-0.4, -0.2) is 19.7 Å². The molecule has 3 aromatic heterocycles. The summed E-state index contributed by atoms with van der Waals surface area (Å²) in [5.41, 5.74) is 2.80. The fraction of sp³-hybridized carbons (Fsp3) is 0.522. The van der Waals surface area contributed by atoms with Crippen LogP contribution in [0.2, 0.25) is 0 Å². The second kappa shape index (κ2) is 6.91. The van der Waals surface area contributed by atoms with Crippen molar-refractivity contribution < 1.29 is 4.42 Å². The lowest BCUT2D eigenvalue weighted by Crippen LogP contribution is -2.17. The van der Waals surface area contributed by atoms with Crippen LogP contribution in [0.4, 0.5) is 0 Å². The highest BCUT2D eigenvalue weighted by Gasteiger charge is 2.36. The van der Waals surface area contributed by atoms with Crippen molar-refractivity contribution in [2.75, 3.05) is 0 Å². The molecule has 6 heteroatoms. The van der Waals surface area contributed by atoms with E-state index in [9.17, 15) is 4.79 Å². The molecule has 0 aliphatic heterocycles. The summed E-state index contributed by atoms with van der Waals surface area (Å²) in [6.07, 6.45) is 5.00. The molecule has 1 N–H and O–H groups in total. The van der Waals surface area contributed by atoms with Gasteiger partial charge in [0.1, 0.15) is 5.52 Å². The van der Waals surface area contributed by atoms with Crippen molar-refractivity contribution in [1.82, 2.24) is 19.7 Å². The van der Waals surface area contributed by atoms with Gasteiger partial charge in [-0.2, -0.15) is 0 Å². The van der Waals surface area contributed by atoms with Crippen LogP contribution in [0.15, 0.2) is 15.4 Å². The molecule has 0 radical (unpaired) electrons. The lowest BCUT2D eigenvalue weighted by molar-refractivity contribution is 0.431. The first-order valence-electron chi connectivity index (χ1n) is 10.2. The summed E-state index contributed by atoms with van der Waals surface area (Å²) in [5.74, 6) is 8.92. The molecule has 29 heavy (non-hydrogen) atoms. The minimum absolute atomic E-state index is 0.0402. The number of aromatic amines is 1. The molecule has 1 fully saturated rings. The molecule has 1 saturated carbocycles. The number of aryl methyl sites for hydroxylation is 2. The Balaban J connectivity index is 1.91. The van der Waals surface area contributed by atoms with E-state index in [1.54, 1.807) is 11.6 Å². The van der Waals surface area contributed by atoms with Crippen molar-refractivity contribution >= 4 is 10.9 Å². The number of pyridine rings is 1. The summed E-state index contributed by atoms with van der Waals surface area (Å²) in [7, 11) is 1.75. The Morgan fingerprint density at radius 1 is 1.34 bits per heavy atom. The van der Waals surface area contributed by atoms with Gasteiger partial charge in [-0.15, -0.1) is 10.2 Å². The van der Waals surface area contributed by atoms with E-state index in [1.165, 1.54) is 12.8 Å². The molecule has 0 aromatic carbocycles. The van der Waals surface area contributed by atoms with Crippen molar-refractivity contribution in [1.29, 1.82) is 0 Å². The molecule has 152 valence electrons. The largest absolute Gasteiger partial charge is 0.421 e. The average Bonchev–Trinajstić information content (AvgIpc) is 3.33. The van der Waals surface area contributed by atoms with E-state index in [2.05, 4.69) is 54.7 Å². The number of nitrogens with zero attached hydrogens (tertiary/aromatic N) is 3. The van der Waals surface area contributed by atoms with Crippen molar-refractivity contribution in [2.45, 2.75) is 53.9 Å². The molecule has 1 aliphatic rings. The van der Waals surface area contributed by atoms with E-state index in [-0.39, 0.29) is 11.0 Å². The molecule has 4 rings (SSSR count). The van der Waals surface area contributed by atoms with Crippen LogP contribution in [-0.2, 0) is 13.5 Å². The van der Waals surface area contributed by atoms with Crippen molar-refractivity contribution in [2.24, 2.45) is 24.3 Å². The fourth-order valence-electron chi connectivity index (χ4n) is 3.83. The van der Waals surface area contributed by atoms with E-state index in [1.807, 2.05) is 13.1 Å². The quantitative estimate of drug-likeness (QED) is 0.675. The zero-order valence-electron chi connectivity index (χ0n) is 18.0. The third kappa shape index (κ3) is 3.62. The Kier molecular flexibility index (Phi) is 4.65. The maximum absolute atomic E-state index is 12.8. The number of H-pyrrole nitrogens is 1. The van der Waals surface area contributed by atoms with Gasteiger partial charge in [0.05, 0.1) is 11.1 Å². The van der Waals surface area contributed by atoms with Gasteiger partial charge < -0.3 is 14.0 Å². The monoisotopic (exact) mass is 392 g/mol. The third-order valence-electron chi connectivity index (χ3n) is 5.69. The van der Waals surface area contributed by atoms with Crippen LogP contribution in [0.5, 0.6) is 0 Å². The first-order valence-corrected chi connectivity index (χ1v) is 10.2. The number of aromatic nitrogens is 4. The van der Waals surface area contributed by atoms with Gasteiger partial charge in [-0.3, -0.25) is 4.79 Å². The SMILES string of the molecule is Cc1[nH]c2c(=O)n(C)cc(C#CC(C)(C)C3CC3)c2c1-c1nnc(CC(C)C)o1. The maximum atomic E-state index is 12.8. The minimum atomic E-state index is -0.0942. The lowest BCUT2D eigenvalue weighted by atomic mass is 9.88. The number of nitrogens with one attached hydrogen (secondary N) is 1. The second-order valence-electron chi connectivity index (χ2n) is 9.18. The molecular formula is C23H28N4O2. The Labute approximate surface area is 170 Å². The molecule has 0 spiro atoms. The molecule has 6 nitrogen and oxygen atoms in total. The third-order valence-corrected chi connectivity index (χ3v) is 5.69. The topological polar surface area (TPSA) is 76.7 Å². The van der Waals surface area contributed by atoms with Crippen LogP contribution in [0, 0.1) is 36.0 Å². The predicted octanol–water partition coefficient (Wildman–Crippen LogP) is 4.21. The van der Waals surface area contributed by atoms with E-state index in [0.717, 1.165) is 28.6 Å². The smallest absolute Gasteiger partial charge is 0.274 e. The van der Waals surface area contributed by atoms with Crippen molar-refractivity contribution in [3.63, 3.8) is 0 Å². The van der Waals surface area contributed by atoms with E-state index in [0.29, 0.717) is 29.1 Å². The first-order chi connectivity index (χ1) is 13.7. The molecule has 0 unspecified atom stereocenters. The lowest BCUT2D eigenvalue weighted by Gasteiger charge is -2.15. The van der Waals surface area contributed by atoms with Gasteiger partial charge in [-0.05, 0) is 45.4 Å². The standard InChI is InChI=1S/C23H28N4O2/c1-13(2)11-17-25-26-21(29-17)18-14(3)24-20-19(18)15(12-27(6)22(20)28)9-10-23(4,5)16-7-8-16/h12-13,16,24H,7-8,11H2,1-6H3. The first kappa shape index (κ1) is 19.5. The van der Waals surface area contributed by atoms with Crippen molar-refractivity contribution in [3.05, 3.63) is 33.7 Å². The Hall–Kier alpha value is -2.81. The fourth-order valence-corrected chi connectivity index (χ4v) is 3.83. The highest BCUT2D eigenvalue weighted by molar-refractivity contribution is 5.99. The molecule has 0 saturated heterocycles. The molecule has 3 heterocycles. The number of fused-ring (bicyclic) bond motifs is 1. The van der Waals surface area contributed by atoms with E-state index in [4.69, 9.17) is 4.42 Å². The molecule has 3 aromatic rings. The average molecular weight is 393 g/mol. The van der Waals surface area contributed by atoms with Crippen molar-refractivity contribution in [3.8, 4) is 23.3 Å². The summed E-state index contributed by atoms with van der Waals surface area (Å²) >= 11 is 0. The van der Waals surface area contributed by atoms with Gasteiger partial charge in [-0.1, -0.05) is 25.7 Å². The van der Waals surface area contributed by atoms with Gasteiger partial charge in [0.2, 0.25) is 11.8 Å². The molecule has 0 bridgehead atoms. The van der Waals surface area contributed by atoms with Gasteiger partial charge in [0.25, 0.3) is 5.56 Å². The normalized spacial score (nSPS) is 14.4. The molecule has 0 amide bonds. The van der Waals surface area contributed by atoms with E-state index < -0.39 is 0 Å².